The van der Waals surface area contributed by atoms with Crippen LogP contribution in [0.5, 0.6) is 0 Å². The number of carbonyl (C=O) groups is 1. The first kappa shape index (κ1) is 15.1. The summed E-state index contributed by atoms with van der Waals surface area (Å²) >= 11 is 1.53. The van der Waals surface area contributed by atoms with Crippen molar-refractivity contribution in [3.8, 4) is 0 Å². The summed E-state index contributed by atoms with van der Waals surface area (Å²) in [5, 5.41) is 3.74. The maximum atomic E-state index is 14.4. The minimum absolute atomic E-state index is 0.220. The van der Waals surface area contributed by atoms with Crippen LogP contribution in [0, 0.1) is 5.82 Å². The maximum Gasteiger partial charge on any atom is 0.187 e. The minimum atomic E-state index is -0.718. The van der Waals surface area contributed by atoms with Crippen molar-refractivity contribution in [2.75, 3.05) is 22.9 Å². The molecule has 1 fully saturated rings. The third kappa shape index (κ3) is 2.87. The van der Waals surface area contributed by atoms with Gasteiger partial charge >= 0.3 is 0 Å². The second kappa shape index (κ2) is 6.51. The molecule has 0 aliphatic carbocycles. The van der Waals surface area contributed by atoms with Crippen molar-refractivity contribution in [3.05, 3.63) is 47.2 Å². The fourth-order valence-corrected chi connectivity index (χ4v) is 2.96. The molecule has 0 spiro atoms. The van der Waals surface area contributed by atoms with Gasteiger partial charge in [0.25, 0.3) is 0 Å². The first-order valence-electron chi connectivity index (χ1n) is 6.87. The molecule has 0 aromatic heterocycles. The van der Waals surface area contributed by atoms with E-state index in [9.17, 15) is 9.18 Å². The van der Waals surface area contributed by atoms with Gasteiger partial charge < -0.3 is 20.3 Å². The van der Waals surface area contributed by atoms with E-state index in [0.717, 1.165) is 0 Å². The molecule has 3 rings (SSSR count). The molecule has 2 N–H and O–H groups in total. The van der Waals surface area contributed by atoms with Crippen LogP contribution in [0.15, 0.2) is 41.4 Å². The minimum Gasteiger partial charge on any atom is -0.345 e. The van der Waals surface area contributed by atoms with E-state index in [-0.39, 0.29) is 11.9 Å². The summed E-state index contributed by atoms with van der Waals surface area (Å²) in [6, 6.07) is 4.88. The van der Waals surface area contributed by atoms with Crippen molar-refractivity contribution < 1.29 is 13.9 Å². The van der Waals surface area contributed by atoms with E-state index < -0.39 is 6.23 Å². The SMILES string of the molecule is NC[C@H]1CN(c2ccc(N3C=CSC=C3)c(F)c2)C(C=O)O1. The van der Waals surface area contributed by atoms with Crippen LogP contribution >= 0.6 is 11.8 Å². The Labute approximate surface area is 132 Å². The molecule has 0 amide bonds. The number of ether oxygens (including phenoxy) is 1. The van der Waals surface area contributed by atoms with E-state index in [2.05, 4.69) is 0 Å². The normalized spacial score (nSPS) is 24.1. The molecular weight excluding hydrogens is 305 g/mol. The largest absolute Gasteiger partial charge is 0.345 e. The Hall–Kier alpha value is -1.83. The third-order valence-electron chi connectivity index (χ3n) is 3.56. The molecular formula is C15H16FN3O2S. The average Bonchev–Trinajstić information content (AvgIpc) is 2.99. The van der Waals surface area contributed by atoms with Gasteiger partial charge in [0.2, 0.25) is 0 Å². The lowest BCUT2D eigenvalue weighted by Gasteiger charge is -2.23. The van der Waals surface area contributed by atoms with E-state index in [1.807, 2.05) is 10.8 Å². The predicted octanol–water partition coefficient (Wildman–Crippen LogP) is 2.01. The Morgan fingerprint density at radius 2 is 2.18 bits per heavy atom. The molecule has 2 heterocycles. The zero-order chi connectivity index (χ0) is 15.5. The second-order valence-electron chi connectivity index (χ2n) is 4.92. The molecule has 7 heteroatoms. The van der Waals surface area contributed by atoms with Crippen LogP contribution < -0.4 is 15.5 Å². The van der Waals surface area contributed by atoms with Crippen molar-refractivity contribution in [2.24, 2.45) is 5.73 Å². The van der Waals surface area contributed by atoms with Gasteiger partial charge in [0.05, 0.1) is 11.8 Å². The molecule has 0 radical (unpaired) electrons. The molecule has 2 atom stereocenters. The van der Waals surface area contributed by atoms with Gasteiger partial charge in [-0.3, -0.25) is 4.79 Å². The topological polar surface area (TPSA) is 58.8 Å². The molecule has 0 saturated carbocycles. The van der Waals surface area contributed by atoms with Crippen LogP contribution in [-0.4, -0.2) is 31.7 Å². The molecule has 1 unspecified atom stereocenters. The van der Waals surface area contributed by atoms with Crippen molar-refractivity contribution in [3.63, 3.8) is 0 Å². The molecule has 22 heavy (non-hydrogen) atoms. The lowest BCUT2D eigenvalue weighted by molar-refractivity contribution is -0.117. The number of carbonyl (C=O) groups excluding carboxylic acids is 1. The molecule has 0 bridgehead atoms. The fraction of sp³-hybridized carbons (Fsp3) is 0.267. The van der Waals surface area contributed by atoms with E-state index in [1.54, 1.807) is 34.3 Å². The Morgan fingerprint density at radius 3 is 2.82 bits per heavy atom. The summed E-state index contributed by atoms with van der Waals surface area (Å²) in [6.45, 7) is 0.793. The van der Waals surface area contributed by atoms with Crippen LogP contribution in [0.1, 0.15) is 0 Å². The Bertz CT molecular complexity index is 611. The summed E-state index contributed by atoms with van der Waals surface area (Å²) < 4.78 is 19.9. The summed E-state index contributed by atoms with van der Waals surface area (Å²) in [7, 11) is 0. The fourth-order valence-electron chi connectivity index (χ4n) is 2.47. The highest BCUT2D eigenvalue weighted by molar-refractivity contribution is 8.04. The number of halogens is 1. The van der Waals surface area contributed by atoms with Gasteiger partial charge in [-0.15, -0.1) is 11.8 Å². The molecule has 1 aromatic rings. The quantitative estimate of drug-likeness (QED) is 0.856. The number of nitrogens with two attached hydrogens (primary N) is 1. The number of anilines is 2. The van der Waals surface area contributed by atoms with E-state index >= 15 is 0 Å². The van der Waals surface area contributed by atoms with Gasteiger partial charge in [-0.1, -0.05) is 0 Å². The monoisotopic (exact) mass is 321 g/mol. The first-order chi connectivity index (χ1) is 10.7. The summed E-state index contributed by atoms with van der Waals surface area (Å²) in [6.07, 6.45) is 3.35. The van der Waals surface area contributed by atoms with Crippen molar-refractivity contribution >= 4 is 29.4 Å². The lowest BCUT2D eigenvalue weighted by Crippen LogP contribution is -2.31. The lowest BCUT2D eigenvalue weighted by atomic mass is 10.2. The van der Waals surface area contributed by atoms with Crippen LogP contribution in [0.3, 0.4) is 0 Å². The highest BCUT2D eigenvalue weighted by atomic mass is 32.2. The van der Waals surface area contributed by atoms with Gasteiger partial charge in [0.15, 0.2) is 12.5 Å². The Morgan fingerprint density at radius 1 is 1.41 bits per heavy atom. The highest BCUT2D eigenvalue weighted by Gasteiger charge is 2.32. The molecule has 2 aliphatic heterocycles. The predicted molar refractivity (Wildman–Crippen MR) is 85.9 cm³/mol. The number of benzene rings is 1. The van der Waals surface area contributed by atoms with Crippen LogP contribution in [0.25, 0.3) is 0 Å². The zero-order valence-electron chi connectivity index (χ0n) is 11.8. The maximum absolute atomic E-state index is 14.4. The van der Waals surface area contributed by atoms with Crippen molar-refractivity contribution in [2.45, 2.75) is 12.3 Å². The van der Waals surface area contributed by atoms with Gasteiger partial charge in [0, 0.05) is 31.2 Å². The molecule has 2 aliphatic rings. The molecule has 5 nitrogen and oxygen atoms in total. The second-order valence-corrected chi connectivity index (χ2v) is 5.74. The van der Waals surface area contributed by atoms with Crippen LogP contribution in [0.2, 0.25) is 0 Å². The number of hydrogen-bond acceptors (Lipinski definition) is 6. The third-order valence-corrected chi connectivity index (χ3v) is 4.12. The van der Waals surface area contributed by atoms with Crippen molar-refractivity contribution in [1.29, 1.82) is 0 Å². The van der Waals surface area contributed by atoms with Crippen LogP contribution in [0.4, 0.5) is 15.8 Å². The van der Waals surface area contributed by atoms with Crippen LogP contribution in [-0.2, 0) is 9.53 Å². The number of hydrogen-bond donors (Lipinski definition) is 1. The van der Waals surface area contributed by atoms with E-state index in [4.69, 9.17) is 10.5 Å². The standard InChI is InChI=1S/C15H16FN3O2S/c16-13-7-11(19-9-12(8-17)21-15(19)10-20)1-2-14(13)18-3-5-22-6-4-18/h1-7,10,12,15H,8-9,17H2/t12-,15?/m0/s1. The molecule has 1 aromatic carbocycles. The van der Waals surface area contributed by atoms with Crippen molar-refractivity contribution in [1.82, 2.24) is 0 Å². The Balaban J connectivity index is 1.85. The number of thioether (sulfide) groups is 1. The van der Waals surface area contributed by atoms with E-state index in [1.165, 1.54) is 17.8 Å². The van der Waals surface area contributed by atoms with Gasteiger partial charge in [-0.2, -0.15) is 0 Å². The zero-order valence-corrected chi connectivity index (χ0v) is 12.6. The van der Waals surface area contributed by atoms with Gasteiger partial charge in [-0.25, -0.2) is 4.39 Å². The summed E-state index contributed by atoms with van der Waals surface area (Å²) in [4.78, 5) is 14.5. The summed E-state index contributed by atoms with van der Waals surface area (Å²) in [5.41, 5.74) is 6.64. The number of aldehydes is 1. The summed E-state index contributed by atoms with van der Waals surface area (Å²) in [5.74, 6) is -0.362. The van der Waals surface area contributed by atoms with Gasteiger partial charge in [-0.05, 0) is 29.0 Å². The highest BCUT2D eigenvalue weighted by Crippen LogP contribution is 2.30. The van der Waals surface area contributed by atoms with Gasteiger partial charge in [0.1, 0.15) is 5.82 Å². The molecule has 1 saturated heterocycles. The Kier molecular flexibility index (Phi) is 4.47. The number of rotatable bonds is 4. The number of nitrogens with zero attached hydrogens (tertiary/aromatic N) is 2. The molecule has 116 valence electrons. The first-order valence-corrected chi connectivity index (χ1v) is 7.81. The smallest absolute Gasteiger partial charge is 0.187 e. The van der Waals surface area contributed by atoms with E-state index in [0.29, 0.717) is 30.8 Å². The average molecular weight is 321 g/mol.